The summed E-state index contributed by atoms with van der Waals surface area (Å²) in [5.41, 5.74) is -0.324. The quantitative estimate of drug-likeness (QED) is 0.395. The summed E-state index contributed by atoms with van der Waals surface area (Å²) in [5.74, 6) is -0.0433. The average molecular weight is 297 g/mol. The van der Waals surface area contributed by atoms with Gasteiger partial charge in [0.25, 0.3) is 10.9 Å². The van der Waals surface area contributed by atoms with E-state index in [9.17, 15) is 14.4 Å². The van der Waals surface area contributed by atoms with Crippen molar-refractivity contribution < 1.29 is 9.53 Å². The van der Waals surface area contributed by atoms with Crippen molar-refractivity contribution >= 4 is 17.3 Å². The lowest BCUT2D eigenvalue weighted by molar-refractivity contribution is -0.120. The van der Waals surface area contributed by atoms with Gasteiger partial charge < -0.3 is 20.7 Å². The molecule has 0 saturated heterocycles. The van der Waals surface area contributed by atoms with E-state index in [1.807, 2.05) is 0 Å². The van der Waals surface area contributed by atoms with Gasteiger partial charge in [0.15, 0.2) is 0 Å². The summed E-state index contributed by atoms with van der Waals surface area (Å²) in [5, 5.41) is 8.55. The van der Waals surface area contributed by atoms with Crippen LogP contribution in [-0.4, -0.2) is 39.3 Å². The van der Waals surface area contributed by atoms with E-state index in [0.717, 1.165) is 12.8 Å². The molecule has 0 aliphatic heterocycles. The highest BCUT2D eigenvalue weighted by atomic mass is 16.5. The molecular weight excluding hydrogens is 274 g/mol. The third-order valence-corrected chi connectivity index (χ3v) is 3.06. The van der Waals surface area contributed by atoms with Gasteiger partial charge in [-0.3, -0.25) is 14.4 Å². The number of carbonyl (C=O) groups is 1. The molecule has 3 N–H and O–H groups in total. The fourth-order valence-electron chi connectivity index (χ4n) is 1.83. The summed E-state index contributed by atoms with van der Waals surface area (Å²) in [6, 6.07) is 0. The van der Waals surface area contributed by atoms with Crippen LogP contribution in [0.2, 0.25) is 0 Å². The second-order valence-corrected chi connectivity index (χ2v) is 4.67. The lowest BCUT2D eigenvalue weighted by Gasteiger charge is -2.15. The summed E-state index contributed by atoms with van der Waals surface area (Å²) >= 11 is 0. The monoisotopic (exact) mass is 297 g/mol. The lowest BCUT2D eigenvalue weighted by Crippen LogP contribution is -2.39. The van der Waals surface area contributed by atoms with Crippen molar-refractivity contribution in [3.8, 4) is 0 Å². The number of nitrogens with one attached hydrogen (secondary N) is 3. The molecule has 7 nitrogen and oxygen atoms in total. The minimum Gasteiger partial charge on any atom is -0.385 e. The molecule has 0 saturated carbocycles. The first kappa shape index (κ1) is 17.2. The van der Waals surface area contributed by atoms with Crippen LogP contribution >= 0.6 is 0 Å². The average Bonchev–Trinajstić information content (AvgIpc) is 2.51. The molecule has 0 atom stereocenters. The molecular formula is C14H23N3O4. The summed E-state index contributed by atoms with van der Waals surface area (Å²) in [6.07, 6.45) is 2.18. The summed E-state index contributed by atoms with van der Waals surface area (Å²) < 4.78 is 4.93. The summed E-state index contributed by atoms with van der Waals surface area (Å²) in [7, 11) is 1.64. The first-order valence-electron chi connectivity index (χ1n) is 7.18. The van der Waals surface area contributed by atoms with Crippen molar-refractivity contribution in [3.63, 3.8) is 0 Å². The Bertz CT molecular complexity index is 520. The van der Waals surface area contributed by atoms with Crippen molar-refractivity contribution in [1.82, 2.24) is 5.32 Å². The molecule has 1 aromatic rings. The van der Waals surface area contributed by atoms with Gasteiger partial charge in [0.2, 0.25) is 5.91 Å². The number of hydrogen-bond acceptors (Lipinski definition) is 6. The molecule has 1 amide bonds. The van der Waals surface area contributed by atoms with Gasteiger partial charge in [0.05, 0.1) is 0 Å². The van der Waals surface area contributed by atoms with E-state index in [1.54, 1.807) is 14.0 Å². The Kier molecular flexibility index (Phi) is 7.45. The Morgan fingerprint density at radius 3 is 2.19 bits per heavy atom. The van der Waals surface area contributed by atoms with E-state index in [0.29, 0.717) is 44.0 Å². The van der Waals surface area contributed by atoms with Gasteiger partial charge in [-0.1, -0.05) is 6.92 Å². The Labute approximate surface area is 123 Å². The second kappa shape index (κ2) is 9.12. The molecule has 0 radical (unpaired) electrons. The number of methoxy groups -OCH3 is 1. The van der Waals surface area contributed by atoms with Gasteiger partial charge in [-0.25, -0.2) is 0 Å². The SMILES string of the molecule is CCC(=O)NCCNc1c(NCCCCOC)c(=O)c1=O. The zero-order valence-corrected chi connectivity index (χ0v) is 12.6. The third kappa shape index (κ3) is 5.18. The number of amides is 1. The maximum atomic E-state index is 11.5. The van der Waals surface area contributed by atoms with Crippen LogP contribution in [0.3, 0.4) is 0 Å². The standard InChI is InChI=1S/C14H23N3O4/c1-3-10(18)15-7-8-17-12-11(13(19)14(12)20)16-6-4-5-9-21-2/h16-17H,3-9H2,1-2H3,(H,15,18). The molecule has 0 bridgehead atoms. The largest absolute Gasteiger partial charge is 0.385 e. The van der Waals surface area contributed by atoms with E-state index in [4.69, 9.17) is 4.74 Å². The van der Waals surface area contributed by atoms with Crippen LogP contribution in [0.1, 0.15) is 26.2 Å². The first-order chi connectivity index (χ1) is 10.1. The highest BCUT2D eigenvalue weighted by Gasteiger charge is 2.19. The normalized spacial score (nSPS) is 10.6. The number of rotatable bonds is 11. The van der Waals surface area contributed by atoms with Crippen LogP contribution in [0.4, 0.5) is 11.4 Å². The number of carbonyl (C=O) groups excluding carboxylic acids is 1. The number of hydrogen-bond donors (Lipinski definition) is 3. The van der Waals surface area contributed by atoms with Crippen LogP contribution in [0, 0.1) is 0 Å². The van der Waals surface area contributed by atoms with Crippen LogP contribution in [-0.2, 0) is 9.53 Å². The fraction of sp³-hybridized carbons (Fsp3) is 0.643. The topological polar surface area (TPSA) is 96.5 Å². The highest BCUT2D eigenvalue weighted by molar-refractivity contribution is 5.76. The molecule has 0 aliphatic rings. The number of anilines is 2. The van der Waals surface area contributed by atoms with Crippen LogP contribution < -0.4 is 26.8 Å². The minimum absolute atomic E-state index is 0.0433. The number of ether oxygens (including phenoxy) is 1. The maximum absolute atomic E-state index is 11.5. The van der Waals surface area contributed by atoms with Crippen LogP contribution in [0.25, 0.3) is 0 Å². The van der Waals surface area contributed by atoms with Crippen LogP contribution in [0.15, 0.2) is 9.59 Å². The van der Waals surface area contributed by atoms with Gasteiger partial charge in [0.1, 0.15) is 11.4 Å². The Morgan fingerprint density at radius 2 is 1.62 bits per heavy atom. The zero-order chi connectivity index (χ0) is 15.7. The highest BCUT2D eigenvalue weighted by Crippen LogP contribution is 2.13. The zero-order valence-electron chi connectivity index (χ0n) is 12.6. The lowest BCUT2D eigenvalue weighted by atomic mass is 10.2. The predicted molar refractivity (Wildman–Crippen MR) is 82.7 cm³/mol. The van der Waals surface area contributed by atoms with Gasteiger partial charge in [-0.2, -0.15) is 0 Å². The van der Waals surface area contributed by atoms with Gasteiger partial charge >= 0.3 is 0 Å². The van der Waals surface area contributed by atoms with Crippen molar-refractivity contribution in [2.75, 3.05) is 44.0 Å². The Balaban J connectivity index is 2.34. The maximum Gasteiger partial charge on any atom is 0.253 e. The fourth-order valence-corrected chi connectivity index (χ4v) is 1.83. The van der Waals surface area contributed by atoms with E-state index in [-0.39, 0.29) is 5.91 Å². The summed E-state index contributed by atoms with van der Waals surface area (Å²) in [6.45, 7) is 3.89. The molecule has 0 unspecified atom stereocenters. The number of unbranched alkanes of at least 4 members (excludes halogenated alkanes) is 1. The Morgan fingerprint density at radius 1 is 1.00 bits per heavy atom. The van der Waals surface area contributed by atoms with Crippen LogP contribution in [0.5, 0.6) is 0 Å². The molecule has 1 rings (SSSR count). The van der Waals surface area contributed by atoms with E-state index in [2.05, 4.69) is 16.0 Å². The smallest absolute Gasteiger partial charge is 0.253 e. The minimum atomic E-state index is -0.504. The first-order valence-corrected chi connectivity index (χ1v) is 7.18. The molecule has 0 aliphatic carbocycles. The van der Waals surface area contributed by atoms with Crippen molar-refractivity contribution in [3.05, 3.63) is 20.4 Å². The van der Waals surface area contributed by atoms with Crippen molar-refractivity contribution in [2.45, 2.75) is 26.2 Å². The molecule has 0 heterocycles. The molecule has 1 aromatic carbocycles. The molecule has 118 valence electrons. The second-order valence-electron chi connectivity index (χ2n) is 4.67. The predicted octanol–water partition coefficient (Wildman–Crippen LogP) is 0.0592. The van der Waals surface area contributed by atoms with Gasteiger partial charge in [0, 0.05) is 39.8 Å². The third-order valence-electron chi connectivity index (χ3n) is 3.06. The van der Waals surface area contributed by atoms with Gasteiger partial charge in [-0.05, 0) is 12.8 Å². The molecule has 21 heavy (non-hydrogen) atoms. The molecule has 0 fully saturated rings. The van der Waals surface area contributed by atoms with E-state index >= 15 is 0 Å². The molecule has 7 heteroatoms. The van der Waals surface area contributed by atoms with Gasteiger partial charge in [-0.15, -0.1) is 0 Å². The van der Waals surface area contributed by atoms with E-state index < -0.39 is 10.9 Å². The van der Waals surface area contributed by atoms with Crippen molar-refractivity contribution in [2.24, 2.45) is 0 Å². The van der Waals surface area contributed by atoms with Crippen molar-refractivity contribution in [1.29, 1.82) is 0 Å². The van der Waals surface area contributed by atoms with E-state index in [1.165, 1.54) is 0 Å². The molecule has 0 spiro atoms. The summed E-state index contributed by atoms with van der Waals surface area (Å²) in [4.78, 5) is 34.0. The molecule has 0 aromatic heterocycles. The Hall–Kier alpha value is -1.89.